The quantitative estimate of drug-likeness (QED) is 0.788. The molecule has 0 aliphatic carbocycles. The fourth-order valence-electron chi connectivity index (χ4n) is 2.54. The van der Waals surface area contributed by atoms with Crippen LogP contribution >= 0.6 is 0 Å². The van der Waals surface area contributed by atoms with Crippen molar-refractivity contribution < 1.29 is 14.3 Å². The number of anilines is 1. The van der Waals surface area contributed by atoms with Crippen molar-refractivity contribution in [1.82, 2.24) is 4.98 Å². The molecule has 1 heterocycles. The third-order valence-corrected chi connectivity index (χ3v) is 3.74. The summed E-state index contributed by atoms with van der Waals surface area (Å²) in [7, 11) is 2.96. The summed E-state index contributed by atoms with van der Waals surface area (Å²) in [5.41, 5.74) is 3.72. The molecule has 5 nitrogen and oxygen atoms in total. The van der Waals surface area contributed by atoms with Crippen molar-refractivity contribution in [2.24, 2.45) is 0 Å². The number of fused-ring (bicyclic) bond motifs is 1. The van der Waals surface area contributed by atoms with Crippen molar-refractivity contribution in [1.29, 1.82) is 0 Å². The molecule has 0 bridgehead atoms. The molecule has 0 unspecified atom stereocenters. The van der Waals surface area contributed by atoms with Crippen molar-refractivity contribution in [3.8, 4) is 5.88 Å². The first-order valence-electron chi connectivity index (χ1n) is 7.56. The van der Waals surface area contributed by atoms with Crippen LogP contribution in [0.1, 0.15) is 11.1 Å². The zero-order chi connectivity index (χ0) is 16.9. The Labute approximate surface area is 140 Å². The van der Waals surface area contributed by atoms with E-state index in [9.17, 15) is 4.79 Å². The number of amides is 1. The predicted molar refractivity (Wildman–Crippen MR) is 93.6 cm³/mol. The van der Waals surface area contributed by atoms with E-state index in [2.05, 4.69) is 21.1 Å². The van der Waals surface area contributed by atoms with E-state index in [0.29, 0.717) is 18.0 Å². The van der Waals surface area contributed by atoms with Crippen LogP contribution in [0.4, 0.5) is 10.5 Å². The standard InChI is InChI=1S/C19H18N2O3/c1-23-18-15(12-14-5-3-4-6-17(14)21-18)11-13-7-9-16(10-8-13)20-19(22)24-2/h3-10,12H,11H2,1-2H3,(H,20,22). The van der Waals surface area contributed by atoms with Crippen molar-refractivity contribution in [2.45, 2.75) is 6.42 Å². The maximum absolute atomic E-state index is 11.2. The number of methoxy groups -OCH3 is 2. The highest BCUT2D eigenvalue weighted by molar-refractivity contribution is 5.84. The highest BCUT2D eigenvalue weighted by atomic mass is 16.5. The number of para-hydroxylation sites is 1. The second-order valence-corrected chi connectivity index (χ2v) is 5.34. The molecule has 0 saturated heterocycles. The first-order valence-corrected chi connectivity index (χ1v) is 7.56. The minimum Gasteiger partial charge on any atom is -0.481 e. The number of carbonyl (C=O) groups excluding carboxylic acids is 1. The van der Waals surface area contributed by atoms with Gasteiger partial charge < -0.3 is 9.47 Å². The third-order valence-electron chi connectivity index (χ3n) is 3.74. The van der Waals surface area contributed by atoms with E-state index in [0.717, 1.165) is 22.0 Å². The SMILES string of the molecule is COC(=O)Nc1ccc(Cc2cc3ccccc3nc2OC)cc1. The zero-order valence-corrected chi connectivity index (χ0v) is 13.6. The molecule has 3 rings (SSSR count). The van der Waals surface area contributed by atoms with Gasteiger partial charge in [0.15, 0.2) is 0 Å². The van der Waals surface area contributed by atoms with E-state index in [-0.39, 0.29) is 0 Å². The van der Waals surface area contributed by atoms with Gasteiger partial charge in [0.25, 0.3) is 0 Å². The molecule has 24 heavy (non-hydrogen) atoms. The molecule has 0 aliphatic heterocycles. The number of pyridine rings is 1. The van der Waals surface area contributed by atoms with Crippen LogP contribution in [0.3, 0.4) is 0 Å². The van der Waals surface area contributed by atoms with Gasteiger partial charge in [-0.3, -0.25) is 5.32 Å². The Bertz CT molecular complexity index is 860. The predicted octanol–water partition coefficient (Wildman–Crippen LogP) is 4.01. The Balaban J connectivity index is 1.85. The maximum atomic E-state index is 11.2. The third kappa shape index (κ3) is 3.46. The lowest BCUT2D eigenvalue weighted by molar-refractivity contribution is 0.187. The highest BCUT2D eigenvalue weighted by Gasteiger charge is 2.09. The van der Waals surface area contributed by atoms with Crippen LogP contribution in [0, 0.1) is 0 Å². The largest absolute Gasteiger partial charge is 0.481 e. The molecular weight excluding hydrogens is 304 g/mol. The minimum absolute atomic E-state index is 0.483. The molecule has 0 radical (unpaired) electrons. The number of hydrogen-bond donors (Lipinski definition) is 1. The summed E-state index contributed by atoms with van der Waals surface area (Å²) >= 11 is 0. The molecule has 1 aromatic heterocycles. The molecular formula is C19H18N2O3. The first-order chi connectivity index (χ1) is 11.7. The second-order valence-electron chi connectivity index (χ2n) is 5.34. The van der Waals surface area contributed by atoms with Gasteiger partial charge in [0.05, 0.1) is 19.7 Å². The van der Waals surface area contributed by atoms with Crippen LogP contribution in [0.2, 0.25) is 0 Å². The Hall–Kier alpha value is -3.08. The molecule has 0 fully saturated rings. The van der Waals surface area contributed by atoms with Gasteiger partial charge in [-0.15, -0.1) is 0 Å². The zero-order valence-electron chi connectivity index (χ0n) is 13.6. The number of carbonyl (C=O) groups is 1. The summed E-state index contributed by atoms with van der Waals surface area (Å²) in [6.07, 6.45) is 0.211. The van der Waals surface area contributed by atoms with Gasteiger partial charge in [0.2, 0.25) is 5.88 Å². The average molecular weight is 322 g/mol. The molecule has 2 aromatic carbocycles. The molecule has 122 valence electrons. The number of aromatic nitrogens is 1. The number of benzene rings is 2. The first kappa shape index (κ1) is 15.8. The Morgan fingerprint density at radius 3 is 2.54 bits per heavy atom. The number of rotatable bonds is 4. The van der Waals surface area contributed by atoms with Crippen LogP contribution in [0.15, 0.2) is 54.6 Å². The van der Waals surface area contributed by atoms with Gasteiger partial charge in [0, 0.05) is 23.1 Å². The maximum Gasteiger partial charge on any atom is 0.411 e. The van der Waals surface area contributed by atoms with Crippen LogP contribution in [0.25, 0.3) is 10.9 Å². The smallest absolute Gasteiger partial charge is 0.411 e. The summed E-state index contributed by atoms with van der Waals surface area (Å²) in [6, 6.07) is 17.7. The number of hydrogen-bond acceptors (Lipinski definition) is 4. The summed E-state index contributed by atoms with van der Waals surface area (Å²) in [5, 5.41) is 3.71. The van der Waals surface area contributed by atoms with Crippen LogP contribution < -0.4 is 10.1 Å². The van der Waals surface area contributed by atoms with E-state index in [1.54, 1.807) is 7.11 Å². The molecule has 1 N–H and O–H groups in total. The van der Waals surface area contributed by atoms with Gasteiger partial charge in [-0.1, -0.05) is 30.3 Å². The summed E-state index contributed by atoms with van der Waals surface area (Å²) in [5.74, 6) is 0.630. The summed E-state index contributed by atoms with van der Waals surface area (Å²) in [6.45, 7) is 0. The van der Waals surface area contributed by atoms with Gasteiger partial charge in [-0.05, 0) is 29.8 Å². The molecule has 0 aliphatic rings. The summed E-state index contributed by atoms with van der Waals surface area (Å²) in [4.78, 5) is 15.8. The van der Waals surface area contributed by atoms with Crippen molar-refractivity contribution >= 4 is 22.7 Å². The van der Waals surface area contributed by atoms with E-state index >= 15 is 0 Å². The molecule has 0 spiro atoms. The molecule has 1 amide bonds. The lowest BCUT2D eigenvalue weighted by Gasteiger charge is -2.10. The van der Waals surface area contributed by atoms with E-state index in [4.69, 9.17) is 4.74 Å². The topological polar surface area (TPSA) is 60.5 Å². The highest BCUT2D eigenvalue weighted by Crippen LogP contribution is 2.25. The normalized spacial score (nSPS) is 10.4. The van der Waals surface area contributed by atoms with Gasteiger partial charge >= 0.3 is 6.09 Å². The Morgan fingerprint density at radius 2 is 1.83 bits per heavy atom. The second kappa shape index (κ2) is 7.00. The monoisotopic (exact) mass is 322 g/mol. The Kier molecular flexibility index (Phi) is 4.61. The number of nitrogens with zero attached hydrogens (tertiary/aromatic N) is 1. The van der Waals surface area contributed by atoms with Gasteiger partial charge in [-0.25, -0.2) is 9.78 Å². The van der Waals surface area contributed by atoms with Gasteiger partial charge in [-0.2, -0.15) is 0 Å². The van der Waals surface area contributed by atoms with Gasteiger partial charge in [0.1, 0.15) is 0 Å². The summed E-state index contributed by atoms with van der Waals surface area (Å²) < 4.78 is 10.0. The fourth-order valence-corrected chi connectivity index (χ4v) is 2.54. The van der Waals surface area contributed by atoms with Crippen LogP contribution in [-0.2, 0) is 11.2 Å². The van der Waals surface area contributed by atoms with Crippen LogP contribution in [-0.4, -0.2) is 25.3 Å². The fraction of sp³-hybridized carbons (Fsp3) is 0.158. The number of ether oxygens (including phenoxy) is 2. The lowest BCUT2D eigenvalue weighted by atomic mass is 10.0. The van der Waals surface area contributed by atoms with E-state index < -0.39 is 6.09 Å². The lowest BCUT2D eigenvalue weighted by Crippen LogP contribution is -2.10. The van der Waals surface area contributed by atoms with Crippen molar-refractivity contribution in [3.63, 3.8) is 0 Å². The van der Waals surface area contributed by atoms with E-state index in [1.807, 2.05) is 48.5 Å². The number of nitrogens with one attached hydrogen (secondary N) is 1. The van der Waals surface area contributed by atoms with Crippen molar-refractivity contribution in [3.05, 3.63) is 65.7 Å². The van der Waals surface area contributed by atoms with Crippen molar-refractivity contribution in [2.75, 3.05) is 19.5 Å². The minimum atomic E-state index is -0.483. The molecule has 0 atom stereocenters. The molecule has 0 saturated carbocycles. The average Bonchev–Trinajstić information content (AvgIpc) is 2.62. The van der Waals surface area contributed by atoms with E-state index in [1.165, 1.54) is 7.11 Å². The molecule has 5 heteroatoms. The van der Waals surface area contributed by atoms with Crippen LogP contribution in [0.5, 0.6) is 5.88 Å². The molecule has 3 aromatic rings. The Morgan fingerprint density at radius 1 is 1.08 bits per heavy atom.